The van der Waals surface area contributed by atoms with E-state index in [1.165, 1.54) is 19.3 Å². The molecule has 2 aliphatic heterocycles. The molecule has 27 heavy (non-hydrogen) atoms. The van der Waals surface area contributed by atoms with Gasteiger partial charge >= 0.3 is 0 Å². The monoisotopic (exact) mass is 378 g/mol. The van der Waals surface area contributed by atoms with E-state index in [0.29, 0.717) is 18.3 Å². The molecule has 2 saturated heterocycles. The summed E-state index contributed by atoms with van der Waals surface area (Å²) >= 11 is 0. The first-order chi connectivity index (χ1) is 13.0. The van der Waals surface area contributed by atoms with E-state index in [-0.39, 0.29) is 31.8 Å². The molecule has 3 aliphatic rings. The summed E-state index contributed by atoms with van der Waals surface area (Å²) in [6.07, 6.45) is 7.38. The fourth-order valence-electron chi connectivity index (χ4n) is 4.29. The molecule has 1 aromatic rings. The first-order valence-electron chi connectivity index (χ1n) is 10.2. The predicted molar refractivity (Wildman–Crippen MR) is 98.9 cm³/mol. The van der Waals surface area contributed by atoms with Crippen molar-refractivity contribution in [2.75, 3.05) is 31.1 Å². The van der Waals surface area contributed by atoms with Crippen LogP contribution >= 0.6 is 0 Å². The number of rotatable bonds is 4. The van der Waals surface area contributed by atoms with Gasteiger partial charge in [-0.15, -0.1) is 0 Å². The summed E-state index contributed by atoms with van der Waals surface area (Å²) in [4.78, 5) is 25.2. The molecule has 0 bridgehead atoms. The Bertz CT molecular complexity index is 662. The van der Waals surface area contributed by atoms with Crippen molar-refractivity contribution in [3.8, 4) is 0 Å². The van der Waals surface area contributed by atoms with Gasteiger partial charge in [0.1, 0.15) is 12.1 Å². The molecule has 1 amide bonds. The number of carbonyl (C=O) groups is 1. The van der Waals surface area contributed by atoms with E-state index in [0.717, 1.165) is 37.4 Å². The zero-order valence-corrected chi connectivity index (χ0v) is 15.7. The van der Waals surface area contributed by atoms with Crippen molar-refractivity contribution in [3.05, 3.63) is 18.1 Å². The molecule has 5 nitrogen and oxygen atoms in total. The number of halogens is 2. The smallest absolute Gasteiger partial charge is 0.251 e. The fraction of sp³-hybridized carbons (Fsp3) is 0.750. The number of nitrogens with zero attached hydrogens (tertiary/aromatic N) is 4. The molecule has 0 spiro atoms. The van der Waals surface area contributed by atoms with Crippen LogP contribution in [0.25, 0.3) is 0 Å². The number of likely N-dealkylation sites (tertiary alicyclic amines) is 1. The number of piperidine rings is 2. The van der Waals surface area contributed by atoms with Gasteiger partial charge in [0, 0.05) is 63.1 Å². The van der Waals surface area contributed by atoms with E-state index in [2.05, 4.69) is 20.9 Å². The minimum atomic E-state index is -2.60. The van der Waals surface area contributed by atoms with Gasteiger partial charge in [-0.3, -0.25) is 4.79 Å². The number of amides is 1. The molecule has 3 fully saturated rings. The average molecular weight is 378 g/mol. The number of alkyl halides is 2. The lowest BCUT2D eigenvalue weighted by Gasteiger charge is -2.35. The molecule has 4 rings (SSSR count). The van der Waals surface area contributed by atoms with Crippen molar-refractivity contribution >= 4 is 11.7 Å². The minimum absolute atomic E-state index is 0.0401. The van der Waals surface area contributed by atoms with Crippen molar-refractivity contribution in [1.82, 2.24) is 14.9 Å². The fourth-order valence-corrected chi connectivity index (χ4v) is 4.29. The third-order valence-corrected chi connectivity index (χ3v) is 6.45. The van der Waals surface area contributed by atoms with Crippen molar-refractivity contribution in [3.63, 3.8) is 0 Å². The van der Waals surface area contributed by atoms with E-state index in [9.17, 15) is 13.6 Å². The molecule has 3 heterocycles. The summed E-state index contributed by atoms with van der Waals surface area (Å²) in [5, 5.41) is 0. The lowest BCUT2D eigenvalue weighted by molar-refractivity contribution is -0.138. The van der Waals surface area contributed by atoms with Gasteiger partial charge in [-0.05, 0) is 31.6 Å². The Labute approximate surface area is 159 Å². The maximum atomic E-state index is 13.3. The zero-order valence-electron chi connectivity index (χ0n) is 15.7. The molecule has 1 aromatic heterocycles. The summed E-state index contributed by atoms with van der Waals surface area (Å²) in [5.74, 6) is -0.631. The Morgan fingerprint density at radius 3 is 2.41 bits per heavy atom. The van der Waals surface area contributed by atoms with Crippen LogP contribution in [0.15, 0.2) is 12.4 Å². The number of aromatic nitrogens is 2. The molecular formula is C20H28F2N4O. The molecule has 0 atom stereocenters. The second-order valence-electron chi connectivity index (χ2n) is 8.30. The Balaban J connectivity index is 1.26. The number of anilines is 1. The van der Waals surface area contributed by atoms with Gasteiger partial charge in [0.25, 0.3) is 5.92 Å². The third kappa shape index (κ3) is 4.38. The van der Waals surface area contributed by atoms with E-state index >= 15 is 0 Å². The highest BCUT2D eigenvalue weighted by molar-refractivity contribution is 5.76. The molecular weight excluding hydrogens is 350 g/mol. The summed E-state index contributed by atoms with van der Waals surface area (Å²) in [6, 6.07) is 2.13. The first kappa shape index (κ1) is 18.6. The quantitative estimate of drug-likeness (QED) is 0.803. The highest BCUT2D eigenvalue weighted by Crippen LogP contribution is 2.36. The standard InChI is InChI=1S/C20H28F2N4O/c21-20(22)6-10-26(11-7-20)19(27)12-15-4-8-25(9-5-15)18-13-17(23-14-24-18)16-2-1-3-16/h13-16H,1-12H2. The lowest BCUT2D eigenvalue weighted by Crippen LogP contribution is -2.44. The van der Waals surface area contributed by atoms with Gasteiger partial charge in [0.15, 0.2) is 0 Å². The normalized spacial score (nSPS) is 23.9. The molecule has 7 heteroatoms. The van der Waals surface area contributed by atoms with Crippen LogP contribution in [0.5, 0.6) is 0 Å². The SMILES string of the molecule is O=C(CC1CCN(c2cc(C3CCC3)ncn2)CC1)N1CCC(F)(F)CC1. The van der Waals surface area contributed by atoms with Gasteiger partial charge in [-0.25, -0.2) is 18.7 Å². The summed E-state index contributed by atoms with van der Waals surface area (Å²) < 4.78 is 26.5. The van der Waals surface area contributed by atoms with E-state index < -0.39 is 5.92 Å². The molecule has 0 N–H and O–H groups in total. The van der Waals surface area contributed by atoms with Crippen LogP contribution in [0.1, 0.15) is 63.0 Å². The summed E-state index contributed by atoms with van der Waals surface area (Å²) in [7, 11) is 0. The second kappa shape index (κ2) is 7.68. The van der Waals surface area contributed by atoms with Crippen LogP contribution in [0.3, 0.4) is 0 Å². The van der Waals surface area contributed by atoms with Crippen LogP contribution < -0.4 is 4.90 Å². The molecule has 148 valence electrons. The van der Waals surface area contributed by atoms with Crippen LogP contribution in [-0.2, 0) is 4.79 Å². The maximum absolute atomic E-state index is 13.3. The second-order valence-corrected chi connectivity index (χ2v) is 8.30. The van der Waals surface area contributed by atoms with Gasteiger partial charge < -0.3 is 9.80 Å². The largest absolute Gasteiger partial charge is 0.356 e. The van der Waals surface area contributed by atoms with Crippen molar-refractivity contribution < 1.29 is 13.6 Å². The van der Waals surface area contributed by atoms with Crippen molar-refractivity contribution in [2.45, 2.75) is 63.2 Å². The number of hydrogen-bond acceptors (Lipinski definition) is 4. The topological polar surface area (TPSA) is 49.3 Å². The Kier molecular flexibility index (Phi) is 5.28. The molecule has 1 saturated carbocycles. The highest BCUT2D eigenvalue weighted by Gasteiger charge is 2.36. The predicted octanol–water partition coefficient (Wildman–Crippen LogP) is 3.61. The molecule has 0 aromatic carbocycles. The lowest BCUT2D eigenvalue weighted by atomic mass is 9.83. The van der Waals surface area contributed by atoms with E-state index in [1.54, 1.807) is 11.2 Å². The van der Waals surface area contributed by atoms with Crippen LogP contribution in [0.2, 0.25) is 0 Å². The molecule has 1 aliphatic carbocycles. The Morgan fingerprint density at radius 1 is 1.07 bits per heavy atom. The first-order valence-corrected chi connectivity index (χ1v) is 10.2. The van der Waals surface area contributed by atoms with Crippen LogP contribution in [0, 0.1) is 5.92 Å². The van der Waals surface area contributed by atoms with Gasteiger partial charge in [0.05, 0.1) is 0 Å². The molecule has 0 unspecified atom stereocenters. The average Bonchev–Trinajstić information content (AvgIpc) is 2.61. The third-order valence-electron chi connectivity index (χ3n) is 6.45. The van der Waals surface area contributed by atoms with E-state index in [1.807, 2.05) is 0 Å². The molecule has 0 radical (unpaired) electrons. The minimum Gasteiger partial charge on any atom is -0.356 e. The van der Waals surface area contributed by atoms with Crippen LogP contribution in [-0.4, -0.2) is 52.9 Å². The summed E-state index contributed by atoms with van der Waals surface area (Å²) in [5.41, 5.74) is 1.16. The Morgan fingerprint density at radius 2 is 1.78 bits per heavy atom. The van der Waals surface area contributed by atoms with E-state index in [4.69, 9.17) is 0 Å². The summed E-state index contributed by atoms with van der Waals surface area (Å²) in [6.45, 7) is 2.15. The van der Waals surface area contributed by atoms with Crippen LogP contribution in [0.4, 0.5) is 14.6 Å². The van der Waals surface area contributed by atoms with Crippen molar-refractivity contribution in [2.24, 2.45) is 5.92 Å². The van der Waals surface area contributed by atoms with Gasteiger partial charge in [-0.1, -0.05) is 6.42 Å². The highest BCUT2D eigenvalue weighted by atomic mass is 19.3. The Hall–Kier alpha value is -1.79. The zero-order chi connectivity index (χ0) is 18.9. The van der Waals surface area contributed by atoms with Crippen molar-refractivity contribution in [1.29, 1.82) is 0 Å². The number of hydrogen-bond donors (Lipinski definition) is 0. The van der Waals surface area contributed by atoms with Gasteiger partial charge in [-0.2, -0.15) is 0 Å². The maximum Gasteiger partial charge on any atom is 0.251 e. The van der Waals surface area contributed by atoms with Gasteiger partial charge in [0.2, 0.25) is 5.91 Å². The number of carbonyl (C=O) groups excluding carboxylic acids is 1.